The van der Waals surface area contributed by atoms with E-state index >= 15 is 0 Å². The number of ether oxygens (including phenoxy) is 2. The molecule has 0 bridgehead atoms. The fourth-order valence-corrected chi connectivity index (χ4v) is 6.37. The van der Waals surface area contributed by atoms with E-state index in [0.717, 1.165) is 81.7 Å². The lowest BCUT2D eigenvalue weighted by atomic mass is 9.82. The fourth-order valence-electron chi connectivity index (χ4n) is 6.37. The molecule has 0 saturated heterocycles. The molecule has 3 aromatic carbocycles. The number of nitrogens with zero attached hydrogens (tertiary/aromatic N) is 4. The summed E-state index contributed by atoms with van der Waals surface area (Å²) >= 11 is 0. The van der Waals surface area contributed by atoms with Crippen molar-refractivity contribution in [3.05, 3.63) is 108 Å². The Bertz CT molecular complexity index is 1900. The topological polar surface area (TPSA) is 94.9 Å². The molecule has 0 amide bonds. The van der Waals surface area contributed by atoms with Gasteiger partial charge in [-0.05, 0) is 60.4 Å². The van der Waals surface area contributed by atoms with Gasteiger partial charge in [-0.2, -0.15) is 5.10 Å². The number of hydrogen-bond acceptors (Lipinski definition) is 6. The number of carbonyl (C=O) groups is 1. The van der Waals surface area contributed by atoms with Gasteiger partial charge in [0.1, 0.15) is 18.2 Å². The van der Waals surface area contributed by atoms with Crippen LogP contribution in [0.2, 0.25) is 0 Å². The number of carbonyl (C=O) groups excluding carboxylic acids is 1. The van der Waals surface area contributed by atoms with Gasteiger partial charge >= 0.3 is 5.97 Å². The number of H-pyrrole nitrogens is 1. The average Bonchev–Trinajstić information content (AvgIpc) is 3.82. The molecule has 6 aromatic rings. The summed E-state index contributed by atoms with van der Waals surface area (Å²) in [5.74, 6) is 1.46. The van der Waals surface area contributed by atoms with Gasteiger partial charge in [-0.15, -0.1) is 0 Å². The van der Waals surface area contributed by atoms with Gasteiger partial charge in [0.05, 0.1) is 40.5 Å². The van der Waals surface area contributed by atoms with E-state index in [-0.39, 0.29) is 5.97 Å². The van der Waals surface area contributed by atoms with Crippen LogP contribution in [0.1, 0.15) is 42.8 Å². The zero-order valence-electron chi connectivity index (χ0n) is 24.1. The number of fused-ring (bicyclic) bond motifs is 2. The van der Waals surface area contributed by atoms with Crippen molar-refractivity contribution in [3.63, 3.8) is 0 Å². The van der Waals surface area contributed by atoms with E-state index in [1.165, 1.54) is 7.11 Å². The minimum Gasteiger partial charge on any atom is -0.487 e. The zero-order valence-corrected chi connectivity index (χ0v) is 24.1. The quantitative estimate of drug-likeness (QED) is 0.190. The molecule has 0 aliphatic heterocycles. The Labute approximate surface area is 249 Å². The monoisotopic (exact) mass is 571 g/mol. The van der Waals surface area contributed by atoms with Gasteiger partial charge in [-0.1, -0.05) is 55.3 Å². The molecular weight excluding hydrogens is 538 g/mol. The van der Waals surface area contributed by atoms with Crippen molar-refractivity contribution in [2.45, 2.75) is 45.3 Å². The van der Waals surface area contributed by atoms with E-state index in [1.54, 1.807) is 6.20 Å². The highest BCUT2D eigenvalue weighted by Crippen LogP contribution is 2.42. The van der Waals surface area contributed by atoms with Crippen LogP contribution in [0.4, 0.5) is 0 Å². The number of imidazole rings is 1. The first kappa shape index (κ1) is 26.9. The normalized spacial score (nSPS) is 14.3. The van der Waals surface area contributed by atoms with Crippen LogP contribution in [0.3, 0.4) is 0 Å². The highest BCUT2D eigenvalue weighted by molar-refractivity contribution is 5.80. The largest absolute Gasteiger partial charge is 0.487 e. The lowest BCUT2D eigenvalue weighted by molar-refractivity contribution is -0.152. The summed E-state index contributed by atoms with van der Waals surface area (Å²) in [6, 6.07) is 28.6. The summed E-state index contributed by atoms with van der Waals surface area (Å²) in [5, 5.41) is 8.26. The van der Waals surface area contributed by atoms with Crippen LogP contribution in [0.15, 0.2) is 91.1 Å². The lowest BCUT2D eigenvalue weighted by Gasteiger charge is -2.25. The Hall–Kier alpha value is -4.98. The first-order valence-corrected chi connectivity index (χ1v) is 14.7. The number of methoxy groups -OCH3 is 1. The Morgan fingerprint density at radius 1 is 0.930 bits per heavy atom. The van der Waals surface area contributed by atoms with Gasteiger partial charge in [0.2, 0.25) is 0 Å². The van der Waals surface area contributed by atoms with Crippen molar-refractivity contribution in [2.24, 2.45) is 5.41 Å². The molecule has 3 heterocycles. The van der Waals surface area contributed by atoms with Gasteiger partial charge < -0.3 is 14.0 Å². The van der Waals surface area contributed by atoms with Gasteiger partial charge in [-0.3, -0.25) is 9.89 Å². The molecule has 216 valence electrons. The number of aromatic nitrogens is 5. The van der Waals surface area contributed by atoms with Crippen molar-refractivity contribution < 1.29 is 14.3 Å². The maximum Gasteiger partial charge on any atom is 0.312 e. The second-order valence-electron chi connectivity index (χ2n) is 11.4. The molecule has 8 nitrogen and oxygen atoms in total. The maximum atomic E-state index is 13.1. The van der Waals surface area contributed by atoms with Crippen molar-refractivity contribution >= 4 is 27.9 Å². The number of esters is 1. The van der Waals surface area contributed by atoms with Crippen molar-refractivity contribution in [1.29, 1.82) is 0 Å². The van der Waals surface area contributed by atoms with Crippen LogP contribution in [0, 0.1) is 5.41 Å². The molecule has 1 aliphatic carbocycles. The fraction of sp³-hybridized carbons (Fsp3) is 0.257. The molecule has 3 aromatic heterocycles. The number of pyridine rings is 1. The summed E-state index contributed by atoms with van der Waals surface area (Å²) in [6.07, 6.45) is 5.94. The molecule has 8 heteroatoms. The third-order valence-corrected chi connectivity index (χ3v) is 8.60. The molecule has 0 atom stereocenters. The number of benzene rings is 3. The molecule has 1 fully saturated rings. The van der Waals surface area contributed by atoms with E-state index in [0.29, 0.717) is 19.6 Å². The first-order valence-electron chi connectivity index (χ1n) is 14.7. The summed E-state index contributed by atoms with van der Waals surface area (Å²) < 4.78 is 13.7. The predicted molar refractivity (Wildman–Crippen MR) is 166 cm³/mol. The predicted octanol–water partition coefficient (Wildman–Crippen LogP) is 6.88. The van der Waals surface area contributed by atoms with E-state index < -0.39 is 5.41 Å². The van der Waals surface area contributed by atoms with Crippen LogP contribution in [0.5, 0.6) is 5.75 Å². The summed E-state index contributed by atoms with van der Waals surface area (Å²) in [5.41, 5.74) is 6.27. The van der Waals surface area contributed by atoms with Crippen LogP contribution < -0.4 is 4.74 Å². The molecule has 43 heavy (non-hydrogen) atoms. The first-order chi connectivity index (χ1) is 21.1. The zero-order chi connectivity index (χ0) is 29.2. The van der Waals surface area contributed by atoms with Crippen LogP contribution >= 0.6 is 0 Å². The highest BCUT2D eigenvalue weighted by atomic mass is 16.5. The molecule has 0 spiro atoms. The summed E-state index contributed by atoms with van der Waals surface area (Å²) in [7, 11) is 1.49. The van der Waals surface area contributed by atoms with Crippen LogP contribution in [-0.4, -0.2) is 37.8 Å². The standard InChI is InChI=1S/C35H33N5O3/c1-42-34(41)35(16-4-5-17-35)21-33-38-31-20-28(43-23-27-12-11-25-8-2-3-10-29(25)37-27)13-14-32(31)40(33)22-24-7-6-9-26(19-24)30-15-18-36-39-30/h2-3,6-15,18-20H,4-5,16-17,21-23H2,1H3,(H,36,39). The van der Waals surface area contributed by atoms with Crippen LogP contribution in [-0.2, 0) is 29.1 Å². The van der Waals surface area contributed by atoms with Crippen molar-refractivity contribution in [1.82, 2.24) is 24.7 Å². The van der Waals surface area contributed by atoms with Crippen molar-refractivity contribution in [2.75, 3.05) is 7.11 Å². The Kier molecular flexibility index (Phi) is 7.10. The van der Waals surface area contributed by atoms with E-state index in [2.05, 4.69) is 57.2 Å². The maximum absolute atomic E-state index is 13.1. The molecule has 1 aliphatic rings. The second kappa shape index (κ2) is 11.4. The lowest BCUT2D eigenvalue weighted by Crippen LogP contribution is -2.33. The minimum absolute atomic E-state index is 0.142. The van der Waals surface area contributed by atoms with Gasteiger partial charge in [0.25, 0.3) is 0 Å². The summed E-state index contributed by atoms with van der Waals surface area (Å²) in [4.78, 5) is 22.9. The van der Waals surface area contributed by atoms with E-state index in [9.17, 15) is 4.79 Å². The van der Waals surface area contributed by atoms with Crippen molar-refractivity contribution in [3.8, 4) is 17.0 Å². The molecule has 0 unspecified atom stereocenters. The second-order valence-corrected chi connectivity index (χ2v) is 11.4. The Morgan fingerprint density at radius 2 is 1.81 bits per heavy atom. The van der Waals surface area contributed by atoms with E-state index in [1.807, 2.05) is 42.5 Å². The number of aromatic amines is 1. The summed E-state index contributed by atoms with van der Waals surface area (Å²) in [6.45, 7) is 0.974. The third kappa shape index (κ3) is 5.36. The molecule has 1 saturated carbocycles. The average molecular weight is 572 g/mol. The molecule has 1 N–H and O–H groups in total. The number of rotatable bonds is 9. The van der Waals surface area contributed by atoms with Gasteiger partial charge in [0, 0.05) is 30.6 Å². The molecular formula is C35H33N5O3. The smallest absolute Gasteiger partial charge is 0.312 e. The molecule has 7 rings (SSSR count). The van der Waals surface area contributed by atoms with Gasteiger partial charge in [-0.25, -0.2) is 9.97 Å². The van der Waals surface area contributed by atoms with Gasteiger partial charge in [0.15, 0.2) is 0 Å². The Morgan fingerprint density at radius 3 is 2.65 bits per heavy atom. The number of nitrogens with one attached hydrogen (secondary N) is 1. The SMILES string of the molecule is COC(=O)C1(Cc2nc3cc(OCc4ccc5ccccc5n4)ccc3n2Cc2cccc(-c3ccn[nH]3)c2)CCCC1. The van der Waals surface area contributed by atoms with Crippen LogP contribution in [0.25, 0.3) is 33.2 Å². The molecule has 0 radical (unpaired) electrons. The Balaban J connectivity index is 1.22. The number of hydrogen-bond donors (Lipinski definition) is 1. The third-order valence-electron chi connectivity index (χ3n) is 8.60. The number of para-hydroxylation sites is 1. The minimum atomic E-state index is -0.549. The highest BCUT2D eigenvalue weighted by Gasteiger charge is 2.43. The van der Waals surface area contributed by atoms with E-state index in [4.69, 9.17) is 19.4 Å².